The number of sulfonamides is 1. The molecule has 2 rings (SSSR count). The van der Waals surface area contributed by atoms with Gasteiger partial charge in [-0.3, -0.25) is 14.9 Å². The van der Waals surface area contributed by atoms with E-state index < -0.39 is 20.6 Å². The molecule has 138 valence electrons. The van der Waals surface area contributed by atoms with Crippen LogP contribution in [-0.2, 0) is 14.8 Å². The molecule has 1 amide bonds. The molecular formula is C14H21N5O5S. The zero-order valence-corrected chi connectivity index (χ0v) is 14.4. The summed E-state index contributed by atoms with van der Waals surface area (Å²) >= 11 is 0. The molecule has 1 aromatic rings. The van der Waals surface area contributed by atoms with Gasteiger partial charge < -0.3 is 15.5 Å². The van der Waals surface area contributed by atoms with Crippen LogP contribution in [0.25, 0.3) is 0 Å². The Morgan fingerprint density at radius 2 is 2.12 bits per heavy atom. The van der Waals surface area contributed by atoms with E-state index >= 15 is 0 Å². The Morgan fingerprint density at radius 3 is 2.80 bits per heavy atom. The summed E-state index contributed by atoms with van der Waals surface area (Å²) in [7, 11) is -4.03. The van der Waals surface area contributed by atoms with Gasteiger partial charge in [-0.05, 0) is 25.1 Å². The first kappa shape index (κ1) is 19.1. The van der Waals surface area contributed by atoms with Crippen molar-refractivity contribution in [1.29, 1.82) is 0 Å². The largest absolute Gasteiger partial charge is 0.379 e. The van der Waals surface area contributed by atoms with E-state index in [4.69, 9.17) is 5.14 Å². The minimum absolute atomic E-state index is 0.0278. The monoisotopic (exact) mass is 371 g/mol. The average molecular weight is 371 g/mol. The Balaban J connectivity index is 2.00. The summed E-state index contributed by atoms with van der Waals surface area (Å²) in [5.74, 6) is -0.0278. The molecule has 1 saturated heterocycles. The highest BCUT2D eigenvalue weighted by Crippen LogP contribution is 2.27. The number of hydrogen-bond donors (Lipinski definition) is 3. The topological polar surface area (TPSA) is 148 Å². The van der Waals surface area contributed by atoms with Gasteiger partial charge >= 0.3 is 0 Å². The number of nitrogens with zero attached hydrogens (tertiary/aromatic N) is 2. The Bertz CT molecular complexity index is 744. The summed E-state index contributed by atoms with van der Waals surface area (Å²) in [4.78, 5) is 24.0. The average Bonchev–Trinajstić information content (AvgIpc) is 2.83. The van der Waals surface area contributed by atoms with Gasteiger partial charge in [-0.25, -0.2) is 13.6 Å². The van der Waals surface area contributed by atoms with Crippen LogP contribution in [-0.4, -0.2) is 56.9 Å². The van der Waals surface area contributed by atoms with E-state index in [2.05, 4.69) is 10.6 Å². The molecule has 1 aliphatic rings. The third-order valence-corrected chi connectivity index (χ3v) is 4.75. The molecule has 0 saturated carbocycles. The third kappa shape index (κ3) is 5.37. The Labute approximate surface area is 145 Å². The number of nitrogens with one attached hydrogen (secondary N) is 2. The van der Waals surface area contributed by atoms with Gasteiger partial charge in [0.2, 0.25) is 15.9 Å². The molecule has 1 heterocycles. The van der Waals surface area contributed by atoms with Crippen molar-refractivity contribution in [3.63, 3.8) is 0 Å². The lowest BCUT2D eigenvalue weighted by Crippen LogP contribution is -2.35. The minimum atomic E-state index is -4.03. The smallest absolute Gasteiger partial charge is 0.293 e. The number of nitro groups is 1. The van der Waals surface area contributed by atoms with E-state index in [1.807, 2.05) is 0 Å². The van der Waals surface area contributed by atoms with Crippen LogP contribution in [0.4, 0.5) is 11.4 Å². The molecule has 1 aliphatic heterocycles. The van der Waals surface area contributed by atoms with E-state index in [0.717, 1.165) is 25.6 Å². The zero-order chi connectivity index (χ0) is 18.4. The first-order valence-electron chi connectivity index (χ1n) is 7.82. The highest BCUT2D eigenvalue weighted by molar-refractivity contribution is 7.89. The number of nitrogens with two attached hydrogens (primary N) is 1. The van der Waals surface area contributed by atoms with Crippen molar-refractivity contribution in [3.8, 4) is 0 Å². The molecule has 11 heteroatoms. The first-order valence-corrected chi connectivity index (χ1v) is 9.37. The molecule has 10 nitrogen and oxygen atoms in total. The highest BCUT2D eigenvalue weighted by atomic mass is 32.2. The number of anilines is 1. The number of primary sulfonamides is 1. The van der Waals surface area contributed by atoms with E-state index in [9.17, 15) is 23.3 Å². The van der Waals surface area contributed by atoms with Gasteiger partial charge in [0, 0.05) is 38.7 Å². The molecule has 1 aromatic carbocycles. The van der Waals surface area contributed by atoms with Crippen LogP contribution >= 0.6 is 0 Å². The summed E-state index contributed by atoms with van der Waals surface area (Å²) in [5, 5.41) is 22.1. The summed E-state index contributed by atoms with van der Waals surface area (Å²) in [6, 6.07) is 3.37. The van der Waals surface area contributed by atoms with Crippen molar-refractivity contribution < 1.29 is 18.1 Å². The SMILES string of the molecule is NS(=O)(=O)c1ccc(NCCC(=O)N2CCCNCC2)c([N+](=O)[O-])c1. The number of carbonyl (C=O) groups is 1. The summed E-state index contributed by atoms with van der Waals surface area (Å²) in [6.45, 7) is 3.17. The van der Waals surface area contributed by atoms with Crippen LogP contribution in [0, 0.1) is 10.1 Å². The molecule has 0 aromatic heterocycles. The van der Waals surface area contributed by atoms with Gasteiger partial charge in [0.1, 0.15) is 5.69 Å². The fourth-order valence-electron chi connectivity index (χ4n) is 2.55. The van der Waals surface area contributed by atoms with Crippen LogP contribution in [0.3, 0.4) is 0 Å². The van der Waals surface area contributed by atoms with Crippen LogP contribution < -0.4 is 15.8 Å². The zero-order valence-electron chi connectivity index (χ0n) is 13.6. The van der Waals surface area contributed by atoms with Crippen LogP contribution in [0.15, 0.2) is 23.1 Å². The van der Waals surface area contributed by atoms with Gasteiger partial charge in [0.15, 0.2) is 0 Å². The van der Waals surface area contributed by atoms with Crippen molar-refractivity contribution in [3.05, 3.63) is 28.3 Å². The van der Waals surface area contributed by atoms with Crippen molar-refractivity contribution >= 4 is 27.3 Å². The summed E-state index contributed by atoms with van der Waals surface area (Å²) in [6.07, 6.45) is 1.08. The highest BCUT2D eigenvalue weighted by Gasteiger charge is 2.20. The van der Waals surface area contributed by atoms with Gasteiger partial charge in [-0.1, -0.05) is 0 Å². The van der Waals surface area contributed by atoms with E-state index in [0.29, 0.717) is 13.1 Å². The van der Waals surface area contributed by atoms with Crippen molar-refractivity contribution in [2.45, 2.75) is 17.7 Å². The number of amides is 1. The third-order valence-electron chi connectivity index (χ3n) is 3.84. The quantitative estimate of drug-likeness (QED) is 0.466. The molecule has 0 unspecified atom stereocenters. The van der Waals surface area contributed by atoms with E-state index in [-0.39, 0.29) is 29.5 Å². The number of benzene rings is 1. The van der Waals surface area contributed by atoms with Crippen LogP contribution in [0.5, 0.6) is 0 Å². The lowest BCUT2D eigenvalue weighted by molar-refractivity contribution is -0.384. The van der Waals surface area contributed by atoms with Crippen LogP contribution in [0.2, 0.25) is 0 Å². The van der Waals surface area contributed by atoms with E-state index in [1.165, 1.54) is 12.1 Å². The second-order valence-electron chi connectivity index (χ2n) is 5.64. The van der Waals surface area contributed by atoms with Gasteiger partial charge in [0.25, 0.3) is 5.69 Å². The Morgan fingerprint density at radius 1 is 1.36 bits per heavy atom. The number of rotatable bonds is 6. The molecule has 0 bridgehead atoms. The first-order chi connectivity index (χ1) is 11.8. The van der Waals surface area contributed by atoms with Gasteiger partial charge in [-0.2, -0.15) is 0 Å². The minimum Gasteiger partial charge on any atom is -0.379 e. The molecule has 25 heavy (non-hydrogen) atoms. The fourth-order valence-corrected chi connectivity index (χ4v) is 3.08. The Hall–Kier alpha value is -2.24. The lowest BCUT2D eigenvalue weighted by Gasteiger charge is -2.20. The molecule has 0 spiro atoms. The molecular weight excluding hydrogens is 350 g/mol. The molecule has 1 fully saturated rings. The maximum atomic E-state index is 12.2. The number of carbonyl (C=O) groups excluding carboxylic acids is 1. The van der Waals surface area contributed by atoms with E-state index in [1.54, 1.807) is 4.90 Å². The predicted molar refractivity (Wildman–Crippen MR) is 91.6 cm³/mol. The summed E-state index contributed by atoms with van der Waals surface area (Å²) in [5.41, 5.74) is -0.263. The van der Waals surface area contributed by atoms with Crippen molar-refractivity contribution in [2.75, 3.05) is 38.0 Å². The maximum absolute atomic E-state index is 12.2. The van der Waals surface area contributed by atoms with Gasteiger partial charge in [-0.15, -0.1) is 0 Å². The molecule has 4 N–H and O–H groups in total. The van der Waals surface area contributed by atoms with Gasteiger partial charge in [0.05, 0.1) is 9.82 Å². The van der Waals surface area contributed by atoms with Crippen molar-refractivity contribution in [2.24, 2.45) is 5.14 Å². The fraction of sp³-hybridized carbons (Fsp3) is 0.500. The molecule has 0 atom stereocenters. The second-order valence-corrected chi connectivity index (χ2v) is 7.20. The standard InChI is InChI=1S/C14H21N5O5S/c15-25(23,24)11-2-3-12(13(10-11)19(21)22)17-6-4-14(20)18-8-1-5-16-7-9-18/h2-3,10,16-17H,1,4-9H2,(H2,15,23,24). The number of nitro benzene ring substituents is 1. The molecule has 0 aliphatic carbocycles. The molecule has 0 radical (unpaired) electrons. The predicted octanol–water partition coefficient (Wildman–Crippen LogP) is -0.134. The lowest BCUT2D eigenvalue weighted by atomic mass is 10.2. The normalized spacial score (nSPS) is 15.5. The Kier molecular flexibility index (Phi) is 6.28. The number of hydrogen-bond acceptors (Lipinski definition) is 7. The van der Waals surface area contributed by atoms with Crippen molar-refractivity contribution in [1.82, 2.24) is 10.2 Å². The second kappa shape index (κ2) is 8.23. The van der Waals surface area contributed by atoms with Crippen LogP contribution in [0.1, 0.15) is 12.8 Å². The summed E-state index contributed by atoms with van der Waals surface area (Å²) < 4.78 is 22.6. The maximum Gasteiger partial charge on any atom is 0.293 e.